The highest BCUT2D eigenvalue weighted by Gasteiger charge is 2.48. The molecular formula is C88H95Cl2FN8O8S. The third kappa shape index (κ3) is 16.6. The molecule has 8 aromatic rings. The van der Waals surface area contributed by atoms with Crippen LogP contribution in [0.2, 0.25) is 10.0 Å². The first-order chi connectivity index (χ1) is 52.5. The van der Waals surface area contributed by atoms with Gasteiger partial charge in [0.1, 0.15) is 23.0 Å². The Morgan fingerprint density at radius 1 is 0.426 bits per heavy atom. The average molecular weight is 1510 g/mol. The lowest BCUT2D eigenvalue weighted by Crippen LogP contribution is -2.46. The number of carbonyl (C=O) groups is 4. The highest BCUT2D eigenvalue weighted by atomic mass is 35.5. The zero-order valence-corrected chi connectivity index (χ0v) is 63.4. The Morgan fingerprint density at radius 2 is 0.824 bits per heavy atom. The number of rotatable bonds is 11. The molecule has 1 aliphatic carbocycles. The molecule has 4 amide bonds. The van der Waals surface area contributed by atoms with Crippen molar-refractivity contribution in [3.05, 3.63) is 262 Å². The maximum Gasteiger partial charge on any atom is 0.282 e. The summed E-state index contributed by atoms with van der Waals surface area (Å²) in [7, 11) is 0. The molecule has 0 radical (unpaired) electrons. The zero-order chi connectivity index (χ0) is 75.0. The minimum atomic E-state index is -0.717. The van der Waals surface area contributed by atoms with Gasteiger partial charge in [0, 0.05) is 150 Å². The third-order valence-electron chi connectivity index (χ3n) is 23.6. The highest BCUT2D eigenvalue weighted by Crippen LogP contribution is 2.50. The van der Waals surface area contributed by atoms with Crippen LogP contribution < -0.4 is 41.9 Å². The van der Waals surface area contributed by atoms with E-state index < -0.39 is 11.7 Å². The molecule has 4 fully saturated rings. The van der Waals surface area contributed by atoms with Gasteiger partial charge >= 0.3 is 0 Å². The predicted octanol–water partition coefficient (Wildman–Crippen LogP) is 14.6. The summed E-state index contributed by atoms with van der Waals surface area (Å²) in [6.07, 6.45) is 20.1. The van der Waals surface area contributed by atoms with Crippen LogP contribution in [0.25, 0.3) is 18.2 Å². The second kappa shape index (κ2) is 33.4. The summed E-state index contributed by atoms with van der Waals surface area (Å²) in [4.78, 5) is 60.5. The quantitative estimate of drug-likeness (QED) is 0.0888. The number of benzene rings is 7. The van der Waals surface area contributed by atoms with Crippen LogP contribution in [0.4, 0.5) is 4.39 Å². The van der Waals surface area contributed by atoms with E-state index in [1.54, 1.807) is 40.5 Å². The van der Waals surface area contributed by atoms with E-state index in [2.05, 4.69) is 42.5 Å². The van der Waals surface area contributed by atoms with Gasteiger partial charge in [-0.15, -0.1) is 11.3 Å². The summed E-state index contributed by atoms with van der Waals surface area (Å²) in [5.41, 5.74) is 36.7. The molecule has 0 bridgehead atoms. The van der Waals surface area contributed by atoms with Crippen molar-refractivity contribution in [3.8, 4) is 23.0 Å². The molecule has 8 N–H and O–H groups in total. The first-order valence-electron chi connectivity index (χ1n) is 37.9. The van der Waals surface area contributed by atoms with E-state index in [1.165, 1.54) is 51.6 Å². The van der Waals surface area contributed by atoms with Crippen LogP contribution in [0, 0.1) is 0 Å². The summed E-state index contributed by atoms with van der Waals surface area (Å²) in [6.45, 7) is 10.4. The van der Waals surface area contributed by atoms with E-state index in [0.717, 1.165) is 171 Å². The van der Waals surface area contributed by atoms with Gasteiger partial charge in [-0.1, -0.05) is 126 Å². The lowest BCUT2D eigenvalue weighted by molar-refractivity contribution is -0.130. The number of likely N-dealkylation sites (tertiary alicyclic amines) is 4. The summed E-state index contributed by atoms with van der Waals surface area (Å²) < 4.78 is 38.1. The molecule has 4 spiro atoms. The molecule has 1 aromatic heterocycles. The Bertz CT molecular complexity index is 4660. The van der Waals surface area contributed by atoms with Crippen LogP contribution in [-0.2, 0) is 75.1 Å². The number of carbonyl (C=O) groups excluding carboxylic acids is 4. The number of piperidine rings is 4. The summed E-state index contributed by atoms with van der Waals surface area (Å²) in [5.74, 6) is 2.89. The Balaban J connectivity index is 0.000000121. The van der Waals surface area contributed by atoms with Crippen molar-refractivity contribution < 1.29 is 42.5 Å². The molecule has 562 valence electrons. The number of hydrogen-bond acceptors (Lipinski definition) is 13. The van der Waals surface area contributed by atoms with E-state index in [-0.39, 0.29) is 39.4 Å². The van der Waals surface area contributed by atoms with E-state index in [9.17, 15) is 23.6 Å². The van der Waals surface area contributed by atoms with Gasteiger partial charge in [-0.3, -0.25) is 19.2 Å². The molecule has 17 rings (SSSR count). The van der Waals surface area contributed by atoms with Crippen molar-refractivity contribution in [2.45, 2.75) is 125 Å². The largest absolute Gasteiger partial charge is 0.492 e. The van der Waals surface area contributed by atoms with Gasteiger partial charge in [0.05, 0.1) is 31.3 Å². The summed E-state index contributed by atoms with van der Waals surface area (Å²) in [5, 5.41) is 1.36. The van der Waals surface area contributed by atoms with Crippen molar-refractivity contribution in [3.63, 3.8) is 0 Å². The number of nitrogens with zero attached hydrogens (tertiary/aromatic N) is 4. The van der Waals surface area contributed by atoms with Crippen LogP contribution in [-0.4, -0.2) is 122 Å². The van der Waals surface area contributed by atoms with Crippen molar-refractivity contribution >= 4 is 76.4 Å². The fourth-order valence-electron chi connectivity index (χ4n) is 16.8. The Morgan fingerprint density at radius 3 is 1.24 bits per heavy atom. The molecule has 7 aromatic carbocycles. The maximum absolute atomic E-state index is 14.4. The molecular weight excluding hydrogens is 1420 g/mol. The van der Waals surface area contributed by atoms with E-state index in [1.807, 2.05) is 130 Å². The fourth-order valence-corrected chi connectivity index (χ4v) is 18.3. The van der Waals surface area contributed by atoms with Gasteiger partial charge in [-0.05, 0) is 194 Å². The lowest BCUT2D eigenvalue weighted by atomic mass is 9.74. The average Bonchev–Trinajstić information content (AvgIpc) is 1.61. The summed E-state index contributed by atoms with van der Waals surface area (Å²) >= 11 is 13.6. The molecule has 0 atom stereocenters. The number of ether oxygens (including phenoxy) is 4. The van der Waals surface area contributed by atoms with Crippen molar-refractivity contribution in [1.82, 2.24) is 19.6 Å². The van der Waals surface area contributed by atoms with Crippen LogP contribution in [0.5, 0.6) is 23.0 Å². The number of aryl methyl sites for hydroxylation is 2. The fraction of sp³-hybridized carbons (Fsp3) is 0.364. The second-order valence-corrected chi connectivity index (χ2v) is 32.1. The second-order valence-electron chi connectivity index (χ2n) is 30.1. The molecule has 20 heteroatoms. The zero-order valence-electron chi connectivity index (χ0n) is 61.1. The van der Waals surface area contributed by atoms with Gasteiger partial charge in [-0.2, -0.15) is 0 Å². The Hall–Kier alpha value is -9.11. The van der Waals surface area contributed by atoms with Crippen molar-refractivity contribution in [2.75, 3.05) is 78.8 Å². The van der Waals surface area contributed by atoms with Gasteiger partial charge in [0.25, 0.3) is 11.8 Å². The standard InChI is InChI=1S/2C22H23ClN2O2.C22H23FN2O2.C22H26N2O2S/c23-18-5-1-16(2-6-18)4-8-21(26)25-11-9-22(10-12-25)15-27-20-7-3-17(14-24)13-19(20)22;23-18-3-1-2-16(12-18)5-7-21(26)25-10-8-22(9-11-25)15-27-20-6-4-17(14-24)13-19(20)22;23-19(13-16-4-2-1-3-5-16)21(26)25-10-8-22(9-11-25)15-27-20-7-6-17(14-24)12-18(20)22;23-13-15-5-6-18-17(11-15)22(14-26-18)7-9-24(10-8-22)21(25)20-12-16-3-1-2-4-19(16)27-20/h1-8,13H,9-12,14-15,24H2;2*1-7,12-13H,8-11,14-15,24H2;5-6,11-12H,1-4,7-10,13-14,23H2/b8-4+;7-5+;19-13-;. The van der Waals surface area contributed by atoms with Crippen LogP contribution in [0.1, 0.15) is 146 Å². The number of hydrogen-bond donors (Lipinski definition) is 4. The molecule has 16 nitrogen and oxygen atoms in total. The van der Waals surface area contributed by atoms with Crippen LogP contribution in [0.3, 0.4) is 0 Å². The van der Waals surface area contributed by atoms with E-state index >= 15 is 0 Å². The lowest BCUT2D eigenvalue weighted by Gasteiger charge is -2.38. The number of thiophene rings is 1. The van der Waals surface area contributed by atoms with Gasteiger partial charge in [0.15, 0.2) is 5.83 Å². The number of nitrogens with two attached hydrogens (primary N) is 4. The Labute approximate surface area is 646 Å². The van der Waals surface area contributed by atoms with Gasteiger partial charge < -0.3 is 61.5 Å². The van der Waals surface area contributed by atoms with Crippen LogP contribution in [0.15, 0.2) is 176 Å². The number of amides is 4. The van der Waals surface area contributed by atoms with Crippen molar-refractivity contribution in [1.29, 1.82) is 0 Å². The maximum atomic E-state index is 14.4. The topological polar surface area (TPSA) is 222 Å². The molecule has 8 aliphatic heterocycles. The first-order valence-corrected chi connectivity index (χ1v) is 39.5. The normalized spacial score (nSPS) is 18.6. The minimum Gasteiger partial charge on any atom is -0.492 e. The van der Waals surface area contributed by atoms with E-state index in [0.29, 0.717) is 74.7 Å². The van der Waals surface area contributed by atoms with Crippen LogP contribution >= 0.6 is 34.5 Å². The molecule has 9 heterocycles. The first kappa shape index (κ1) is 75.7. The monoisotopic (exact) mass is 1510 g/mol. The smallest absolute Gasteiger partial charge is 0.282 e. The van der Waals surface area contributed by atoms with Crippen molar-refractivity contribution in [2.24, 2.45) is 22.9 Å². The minimum absolute atomic E-state index is 0.00790. The predicted molar refractivity (Wildman–Crippen MR) is 426 cm³/mol. The molecule has 9 aliphatic rings. The number of fused-ring (bicyclic) bond motifs is 9. The molecule has 0 saturated carbocycles. The third-order valence-corrected chi connectivity index (χ3v) is 25.3. The van der Waals surface area contributed by atoms with E-state index in [4.69, 9.17) is 65.1 Å². The number of halogens is 3. The van der Waals surface area contributed by atoms with Gasteiger partial charge in [0.2, 0.25) is 11.8 Å². The van der Waals surface area contributed by atoms with Gasteiger partial charge in [-0.25, -0.2) is 4.39 Å². The SMILES string of the molecule is NCc1ccc2c(c1)C1(CCN(C(=O)/C(F)=C/c3ccccc3)CC1)CO2.NCc1ccc2c(c1)C1(CCN(C(=O)/C=C/c3ccc(Cl)cc3)CC1)CO2.NCc1ccc2c(c1)C1(CCN(C(=O)/C=C/c3cccc(Cl)c3)CC1)CO2.NCc1ccc2c(c1)C1(CCN(C(=O)c3cc4c(s3)CCCC4)CC1)CO2. The molecule has 0 unspecified atom stereocenters. The highest BCUT2D eigenvalue weighted by molar-refractivity contribution is 7.14. The Kier molecular flexibility index (Phi) is 23.4. The molecule has 108 heavy (non-hydrogen) atoms. The molecule has 4 saturated heterocycles. The summed E-state index contributed by atoms with van der Waals surface area (Å²) in [6, 6.07) is 51.0.